The smallest absolute Gasteiger partial charge is 0.128 e. The minimum atomic E-state index is 0.613. The number of nitrogens with zero attached hydrogens (tertiary/aromatic N) is 1. The van der Waals surface area contributed by atoms with Gasteiger partial charge < -0.3 is 15.0 Å². The Labute approximate surface area is 175 Å². The van der Waals surface area contributed by atoms with Gasteiger partial charge in [0.05, 0.1) is 7.11 Å². The summed E-state index contributed by atoms with van der Waals surface area (Å²) in [5, 5.41) is 12.5. The molecule has 0 aromatic heterocycles. The summed E-state index contributed by atoms with van der Waals surface area (Å²) in [6.45, 7) is 10.1. The molecule has 0 atom stereocenters. The van der Waals surface area contributed by atoms with E-state index < -0.39 is 0 Å². The van der Waals surface area contributed by atoms with Crippen molar-refractivity contribution in [3.63, 3.8) is 0 Å². The Balaban J connectivity index is 2.16. The fourth-order valence-electron chi connectivity index (χ4n) is 4.64. The Hall–Kier alpha value is -2.59. The Morgan fingerprint density at radius 1 is 1.10 bits per heavy atom. The quantitative estimate of drug-likeness (QED) is 0.738. The number of nitrogens with one attached hydrogen (secondary N) is 2. The zero-order chi connectivity index (χ0) is 21.1. The highest BCUT2D eigenvalue weighted by atomic mass is 16.5. The number of piperidine rings is 1. The Bertz CT molecular complexity index is 936. The second-order valence-electron chi connectivity index (χ2n) is 7.99. The van der Waals surface area contributed by atoms with Crippen LogP contribution >= 0.6 is 0 Å². The van der Waals surface area contributed by atoms with Gasteiger partial charge >= 0.3 is 0 Å². The lowest BCUT2D eigenvalue weighted by Gasteiger charge is -2.35. The molecule has 1 aliphatic rings. The fourth-order valence-corrected chi connectivity index (χ4v) is 4.64. The predicted octanol–water partition coefficient (Wildman–Crippen LogP) is 5.18. The molecule has 154 valence electrons. The van der Waals surface area contributed by atoms with E-state index in [9.17, 15) is 0 Å². The van der Waals surface area contributed by atoms with Crippen LogP contribution in [0.3, 0.4) is 0 Å². The lowest BCUT2D eigenvalue weighted by Crippen LogP contribution is -2.38. The molecule has 1 heterocycles. The van der Waals surface area contributed by atoms with Crippen LogP contribution in [0.4, 0.5) is 5.69 Å². The van der Waals surface area contributed by atoms with E-state index in [1.807, 2.05) is 19.2 Å². The second-order valence-corrected chi connectivity index (χ2v) is 7.99. The summed E-state index contributed by atoms with van der Waals surface area (Å²) in [5.74, 6) is 1.48. The summed E-state index contributed by atoms with van der Waals surface area (Å²) >= 11 is 0. The zero-order valence-electron chi connectivity index (χ0n) is 18.6. The van der Waals surface area contributed by atoms with Crippen LogP contribution in [0.25, 0.3) is 5.57 Å². The first-order chi connectivity index (χ1) is 13.9. The topological polar surface area (TPSA) is 48.4 Å². The van der Waals surface area contributed by atoms with Gasteiger partial charge in [0, 0.05) is 24.3 Å². The van der Waals surface area contributed by atoms with Gasteiger partial charge in [-0.25, -0.2) is 0 Å². The molecule has 2 N–H and O–H groups in total. The van der Waals surface area contributed by atoms with E-state index >= 15 is 0 Å². The van der Waals surface area contributed by atoms with Crippen molar-refractivity contribution in [1.82, 2.24) is 5.32 Å². The van der Waals surface area contributed by atoms with E-state index in [4.69, 9.17) is 10.1 Å². The molecular weight excluding hydrogens is 358 g/mol. The van der Waals surface area contributed by atoms with Crippen molar-refractivity contribution in [3.8, 4) is 5.75 Å². The summed E-state index contributed by atoms with van der Waals surface area (Å²) < 4.78 is 5.70. The number of anilines is 1. The molecule has 1 aliphatic heterocycles. The standard InChI is InChI=1S/C25H33N3O/c1-16-13-18(3)24(19(4)14-16)28-12-8-10-20(25(28)26)21(15-27-5)23-17(2)9-7-11-22(23)29-6/h7,9,11,13-14,26-27H,8,10,12,15H2,1-6H3/b21-20+,26-25?. The number of likely N-dealkylation sites (N-methyl/N-ethyl adjacent to an activating group) is 1. The molecule has 1 fully saturated rings. The number of methoxy groups -OCH3 is 1. The second kappa shape index (κ2) is 8.83. The first-order valence-electron chi connectivity index (χ1n) is 10.3. The average molecular weight is 392 g/mol. The number of amidine groups is 1. The van der Waals surface area contributed by atoms with Gasteiger partial charge in [0.25, 0.3) is 0 Å². The third kappa shape index (κ3) is 4.08. The molecule has 2 aromatic rings. The highest BCUT2D eigenvalue weighted by Gasteiger charge is 2.27. The van der Waals surface area contributed by atoms with Crippen molar-refractivity contribution in [2.75, 3.05) is 32.1 Å². The van der Waals surface area contributed by atoms with Crippen molar-refractivity contribution in [2.24, 2.45) is 0 Å². The molecule has 4 nitrogen and oxygen atoms in total. The van der Waals surface area contributed by atoms with E-state index in [0.717, 1.165) is 36.3 Å². The summed E-state index contributed by atoms with van der Waals surface area (Å²) in [5.41, 5.74) is 9.48. The Kier molecular flexibility index (Phi) is 6.43. The maximum atomic E-state index is 9.14. The van der Waals surface area contributed by atoms with E-state index in [1.165, 1.54) is 33.5 Å². The maximum absolute atomic E-state index is 9.14. The monoisotopic (exact) mass is 391 g/mol. The first-order valence-corrected chi connectivity index (χ1v) is 10.3. The molecule has 0 spiro atoms. The van der Waals surface area contributed by atoms with Crippen LogP contribution in [0.5, 0.6) is 5.75 Å². The number of hydrogen-bond donors (Lipinski definition) is 2. The number of ether oxygens (including phenoxy) is 1. The van der Waals surface area contributed by atoms with E-state index in [0.29, 0.717) is 12.4 Å². The van der Waals surface area contributed by atoms with Crippen LogP contribution in [0.1, 0.15) is 40.7 Å². The number of rotatable bonds is 5. The largest absolute Gasteiger partial charge is 0.496 e. The van der Waals surface area contributed by atoms with Crippen molar-refractivity contribution in [1.29, 1.82) is 5.41 Å². The van der Waals surface area contributed by atoms with E-state index in [-0.39, 0.29) is 0 Å². The summed E-state index contributed by atoms with van der Waals surface area (Å²) in [7, 11) is 3.68. The van der Waals surface area contributed by atoms with Gasteiger partial charge in [0.2, 0.25) is 0 Å². The molecule has 0 radical (unpaired) electrons. The van der Waals surface area contributed by atoms with Crippen LogP contribution in [0, 0.1) is 33.1 Å². The molecule has 29 heavy (non-hydrogen) atoms. The molecule has 4 heteroatoms. The van der Waals surface area contributed by atoms with E-state index in [2.05, 4.69) is 56.1 Å². The van der Waals surface area contributed by atoms with Gasteiger partial charge in [-0.15, -0.1) is 0 Å². The van der Waals surface area contributed by atoms with Crippen molar-refractivity contribution in [3.05, 3.63) is 63.7 Å². The van der Waals surface area contributed by atoms with Crippen LogP contribution in [-0.4, -0.2) is 33.1 Å². The SMILES string of the molecule is CNC/C(=C1/CCCN(c2c(C)cc(C)cc2C)C1=N)c1c(C)cccc1OC. The molecule has 0 unspecified atom stereocenters. The van der Waals surface area contributed by atoms with Gasteiger partial charge in [-0.2, -0.15) is 0 Å². The van der Waals surface area contributed by atoms with Crippen LogP contribution in [-0.2, 0) is 0 Å². The number of benzene rings is 2. The normalized spacial score (nSPS) is 16.2. The number of aryl methyl sites for hydroxylation is 4. The molecule has 3 rings (SSSR count). The summed E-state index contributed by atoms with van der Waals surface area (Å²) in [6.07, 6.45) is 1.94. The molecular formula is C25H33N3O. The van der Waals surface area contributed by atoms with Crippen molar-refractivity contribution < 1.29 is 4.74 Å². The highest BCUT2D eigenvalue weighted by molar-refractivity contribution is 6.14. The average Bonchev–Trinajstić information content (AvgIpc) is 2.67. The first kappa shape index (κ1) is 21.1. The van der Waals surface area contributed by atoms with Gasteiger partial charge in [-0.3, -0.25) is 5.41 Å². The summed E-state index contributed by atoms with van der Waals surface area (Å²) in [6, 6.07) is 10.6. The highest BCUT2D eigenvalue weighted by Crippen LogP contribution is 2.37. The third-order valence-corrected chi connectivity index (χ3v) is 5.74. The molecule has 2 aromatic carbocycles. The van der Waals surface area contributed by atoms with Crippen LogP contribution in [0.15, 0.2) is 35.9 Å². The Morgan fingerprint density at radius 3 is 2.41 bits per heavy atom. The van der Waals surface area contributed by atoms with E-state index in [1.54, 1.807) is 7.11 Å². The molecule has 0 saturated carbocycles. The lowest BCUT2D eigenvalue weighted by atomic mass is 9.89. The van der Waals surface area contributed by atoms with Gasteiger partial charge in [-0.1, -0.05) is 29.8 Å². The minimum Gasteiger partial charge on any atom is -0.496 e. The zero-order valence-corrected chi connectivity index (χ0v) is 18.6. The Morgan fingerprint density at radius 2 is 1.79 bits per heavy atom. The number of hydrogen-bond acceptors (Lipinski definition) is 3. The van der Waals surface area contributed by atoms with Crippen molar-refractivity contribution >= 4 is 17.1 Å². The molecule has 0 aliphatic carbocycles. The maximum Gasteiger partial charge on any atom is 0.128 e. The van der Waals surface area contributed by atoms with Gasteiger partial charge in [0.15, 0.2) is 0 Å². The molecule has 0 bridgehead atoms. The fraction of sp³-hybridized carbons (Fsp3) is 0.400. The summed E-state index contributed by atoms with van der Waals surface area (Å²) in [4.78, 5) is 2.20. The predicted molar refractivity (Wildman–Crippen MR) is 124 cm³/mol. The minimum absolute atomic E-state index is 0.613. The van der Waals surface area contributed by atoms with Crippen molar-refractivity contribution in [2.45, 2.75) is 40.5 Å². The van der Waals surface area contributed by atoms with Gasteiger partial charge in [0.1, 0.15) is 11.6 Å². The third-order valence-electron chi connectivity index (χ3n) is 5.74. The molecule has 0 amide bonds. The van der Waals surface area contributed by atoms with Crippen LogP contribution in [0.2, 0.25) is 0 Å². The van der Waals surface area contributed by atoms with Gasteiger partial charge in [-0.05, 0) is 81.5 Å². The van der Waals surface area contributed by atoms with Crippen LogP contribution < -0.4 is 15.0 Å². The molecule has 1 saturated heterocycles. The lowest BCUT2D eigenvalue weighted by molar-refractivity contribution is 0.413.